The number of carboxylic acid groups (broad SMARTS) is 1. The molecule has 84 valence electrons. The van der Waals surface area contributed by atoms with Crippen LogP contribution in [0.4, 0.5) is 0 Å². The molecule has 0 aliphatic heterocycles. The number of H-pyrrole nitrogens is 1. The molecule has 1 heterocycles. The highest BCUT2D eigenvalue weighted by atomic mass is 16.4. The average molecular weight is 228 g/mol. The lowest BCUT2D eigenvalue weighted by Gasteiger charge is -2.01. The number of aromatic nitrogens is 1. The van der Waals surface area contributed by atoms with E-state index in [1.165, 1.54) is 6.07 Å². The Hall–Kier alpha value is -2.61. The van der Waals surface area contributed by atoms with Crippen molar-refractivity contribution in [2.45, 2.75) is 6.42 Å². The molecule has 2 N–H and O–H groups in total. The Morgan fingerprint density at radius 2 is 2.18 bits per heavy atom. The molecule has 5 nitrogen and oxygen atoms in total. The van der Waals surface area contributed by atoms with Crippen LogP contribution < -0.4 is 5.56 Å². The van der Waals surface area contributed by atoms with Gasteiger partial charge in [0, 0.05) is 11.1 Å². The highest BCUT2D eigenvalue weighted by molar-refractivity contribution is 5.81. The van der Waals surface area contributed by atoms with Gasteiger partial charge in [-0.15, -0.1) is 0 Å². The molecule has 1 aromatic heterocycles. The van der Waals surface area contributed by atoms with E-state index in [0.29, 0.717) is 16.5 Å². The minimum absolute atomic E-state index is 0.203. The smallest absolute Gasteiger partial charge is 0.308 e. The average Bonchev–Trinajstić information content (AvgIpc) is 2.29. The van der Waals surface area contributed by atoms with Crippen LogP contribution in [-0.2, 0) is 11.2 Å². The second-order valence-corrected chi connectivity index (χ2v) is 3.61. The van der Waals surface area contributed by atoms with E-state index in [0.717, 1.165) is 0 Å². The maximum Gasteiger partial charge on any atom is 0.308 e. The number of aliphatic carboxylic acids is 1. The molecule has 0 aliphatic rings. The SMILES string of the molecule is N#Cc1ccc2cc(CC(=O)O)c(=O)[nH]c2c1. The summed E-state index contributed by atoms with van der Waals surface area (Å²) in [6, 6.07) is 8.35. The molecule has 0 aliphatic carbocycles. The molecular weight excluding hydrogens is 220 g/mol. The molecule has 1 aromatic carbocycles. The predicted molar refractivity (Wildman–Crippen MR) is 60.6 cm³/mol. The Morgan fingerprint density at radius 1 is 1.41 bits per heavy atom. The topological polar surface area (TPSA) is 93.9 Å². The van der Waals surface area contributed by atoms with Gasteiger partial charge < -0.3 is 10.1 Å². The van der Waals surface area contributed by atoms with Crippen molar-refractivity contribution in [1.29, 1.82) is 5.26 Å². The van der Waals surface area contributed by atoms with Gasteiger partial charge in [-0.3, -0.25) is 9.59 Å². The number of rotatable bonds is 2. The van der Waals surface area contributed by atoms with Crippen LogP contribution in [-0.4, -0.2) is 16.1 Å². The number of hydrogen-bond acceptors (Lipinski definition) is 3. The summed E-state index contributed by atoms with van der Waals surface area (Å²) in [7, 11) is 0. The summed E-state index contributed by atoms with van der Waals surface area (Å²) in [6.07, 6.45) is -0.314. The van der Waals surface area contributed by atoms with Crippen LogP contribution in [0.2, 0.25) is 0 Å². The van der Waals surface area contributed by atoms with Crippen molar-refractivity contribution in [2.24, 2.45) is 0 Å². The van der Waals surface area contributed by atoms with Crippen LogP contribution in [0.5, 0.6) is 0 Å². The molecule has 0 saturated heterocycles. The maximum atomic E-state index is 11.6. The second kappa shape index (κ2) is 4.10. The van der Waals surface area contributed by atoms with Crippen LogP contribution in [0.15, 0.2) is 29.1 Å². The first-order valence-corrected chi connectivity index (χ1v) is 4.88. The number of carbonyl (C=O) groups is 1. The van der Waals surface area contributed by atoms with Crippen LogP contribution in [0.3, 0.4) is 0 Å². The fourth-order valence-corrected chi connectivity index (χ4v) is 1.61. The predicted octanol–water partition coefficient (Wildman–Crippen LogP) is 1.03. The summed E-state index contributed by atoms with van der Waals surface area (Å²) < 4.78 is 0. The van der Waals surface area contributed by atoms with Gasteiger partial charge in [0.25, 0.3) is 5.56 Å². The summed E-state index contributed by atoms with van der Waals surface area (Å²) in [4.78, 5) is 24.7. The van der Waals surface area contributed by atoms with Crippen molar-refractivity contribution in [3.8, 4) is 6.07 Å². The largest absolute Gasteiger partial charge is 0.481 e. The van der Waals surface area contributed by atoms with Crippen LogP contribution in [0.25, 0.3) is 10.9 Å². The molecule has 17 heavy (non-hydrogen) atoms. The third-order valence-electron chi connectivity index (χ3n) is 2.39. The van der Waals surface area contributed by atoms with Gasteiger partial charge in [0.2, 0.25) is 0 Å². The molecule has 0 radical (unpaired) electrons. The summed E-state index contributed by atoms with van der Waals surface area (Å²) in [5.41, 5.74) is 0.743. The first-order chi connectivity index (χ1) is 8.10. The molecule has 0 bridgehead atoms. The van der Waals surface area contributed by atoms with E-state index in [1.807, 2.05) is 6.07 Å². The fraction of sp³-hybridized carbons (Fsp3) is 0.0833. The summed E-state index contributed by atoms with van der Waals surface area (Å²) in [5, 5.41) is 18.1. The highest BCUT2D eigenvalue weighted by Crippen LogP contribution is 2.13. The van der Waals surface area contributed by atoms with E-state index < -0.39 is 11.5 Å². The molecule has 0 fully saturated rings. The quantitative estimate of drug-likeness (QED) is 0.802. The number of nitrogens with zero attached hydrogens (tertiary/aromatic N) is 1. The number of aromatic amines is 1. The Labute approximate surface area is 95.9 Å². The number of carboxylic acids is 1. The number of pyridine rings is 1. The Kier molecular flexibility index (Phi) is 2.63. The zero-order valence-corrected chi connectivity index (χ0v) is 8.73. The number of nitrogens with one attached hydrogen (secondary N) is 1. The van der Waals surface area contributed by atoms with Gasteiger partial charge in [0.05, 0.1) is 18.1 Å². The number of benzene rings is 1. The van der Waals surface area contributed by atoms with Crippen molar-refractivity contribution < 1.29 is 9.90 Å². The lowest BCUT2D eigenvalue weighted by molar-refractivity contribution is -0.136. The van der Waals surface area contributed by atoms with Gasteiger partial charge in [0.1, 0.15) is 0 Å². The summed E-state index contributed by atoms with van der Waals surface area (Å²) in [6.45, 7) is 0. The standard InChI is InChI=1S/C12H8N2O3/c13-6-7-1-2-8-4-9(5-11(15)16)12(17)14-10(8)3-7/h1-4H,5H2,(H,14,17)(H,15,16). The normalized spacial score (nSPS) is 10.1. The van der Waals surface area contributed by atoms with Gasteiger partial charge in [-0.1, -0.05) is 6.07 Å². The van der Waals surface area contributed by atoms with Crippen LogP contribution >= 0.6 is 0 Å². The number of hydrogen-bond donors (Lipinski definition) is 2. The molecule has 0 saturated carbocycles. The Bertz CT molecular complexity index is 695. The van der Waals surface area contributed by atoms with Crippen LogP contribution in [0.1, 0.15) is 11.1 Å². The molecule has 5 heteroatoms. The number of nitriles is 1. The van der Waals surface area contributed by atoms with Gasteiger partial charge in [-0.25, -0.2) is 0 Å². The Balaban J connectivity index is 2.63. The van der Waals surface area contributed by atoms with Crippen molar-refractivity contribution in [3.63, 3.8) is 0 Å². The lowest BCUT2D eigenvalue weighted by atomic mass is 10.1. The molecule has 2 rings (SSSR count). The van der Waals surface area contributed by atoms with Gasteiger partial charge in [0.15, 0.2) is 0 Å². The molecule has 0 amide bonds. The van der Waals surface area contributed by atoms with E-state index in [1.54, 1.807) is 18.2 Å². The third kappa shape index (κ3) is 2.16. The van der Waals surface area contributed by atoms with E-state index in [-0.39, 0.29) is 12.0 Å². The summed E-state index contributed by atoms with van der Waals surface area (Å²) >= 11 is 0. The zero-order chi connectivity index (χ0) is 12.4. The minimum Gasteiger partial charge on any atom is -0.481 e. The molecule has 0 unspecified atom stereocenters. The third-order valence-corrected chi connectivity index (χ3v) is 2.39. The van der Waals surface area contributed by atoms with E-state index in [2.05, 4.69) is 4.98 Å². The molecule has 0 spiro atoms. The first kappa shape index (κ1) is 10.9. The van der Waals surface area contributed by atoms with Crippen molar-refractivity contribution in [3.05, 3.63) is 45.7 Å². The highest BCUT2D eigenvalue weighted by Gasteiger charge is 2.07. The number of fused-ring (bicyclic) bond motifs is 1. The molecule has 2 aromatic rings. The van der Waals surface area contributed by atoms with Crippen LogP contribution in [0, 0.1) is 11.3 Å². The van der Waals surface area contributed by atoms with Gasteiger partial charge in [-0.2, -0.15) is 5.26 Å². The van der Waals surface area contributed by atoms with E-state index in [4.69, 9.17) is 10.4 Å². The lowest BCUT2D eigenvalue weighted by Crippen LogP contribution is -2.15. The van der Waals surface area contributed by atoms with Gasteiger partial charge >= 0.3 is 5.97 Å². The van der Waals surface area contributed by atoms with E-state index >= 15 is 0 Å². The zero-order valence-electron chi connectivity index (χ0n) is 8.73. The van der Waals surface area contributed by atoms with Crippen molar-refractivity contribution >= 4 is 16.9 Å². The minimum atomic E-state index is -1.05. The molecule has 0 atom stereocenters. The fourth-order valence-electron chi connectivity index (χ4n) is 1.61. The van der Waals surface area contributed by atoms with Crippen molar-refractivity contribution in [2.75, 3.05) is 0 Å². The molecular formula is C12H8N2O3. The maximum absolute atomic E-state index is 11.6. The van der Waals surface area contributed by atoms with E-state index in [9.17, 15) is 9.59 Å². The van der Waals surface area contributed by atoms with Crippen molar-refractivity contribution in [1.82, 2.24) is 4.98 Å². The second-order valence-electron chi connectivity index (χ2n) is 3.61. The first-order valence-electron chi connectivity index (χ1n) is 4.88. The van der Waals surface area contributed by atoms with Gasteiger partial charge in [-0.05, 0) is 23.6 Å². The Morgan fingerprint density at radius 3 is 2.82 bits per heavy atom. The monoisotopic (exact) mass is 228 g/mol. The summed E-state index contributed by atoms with van der Waals surface area (Å²) in [5.74, 6) is -1.05.